The first-order chi connectivity index (χ1) is 17.6. The molecule has 2 saturated heterocycles. The van der Waals surface area contributed by atoms with E-state index in [2.05, 4.69) is 48.6 Å². The highest BCUT2D eigenvalue weighted by Crippen LogP contribution is 2.60. The molecule has 10 rings (SSSR count). The summed E-state index contributed by atoms with van der Waals surface area (Å²) in [5.41, 5.74) is 0. The Morgan fingerprint density at radius 3 is 0.944 bits per heavy atom. The van der Waals surface area contributed by atoms with Crippen molar-refractivity contribution in [1.29, 1.82) is 0 Å². The van der Waals surface area contributed by atoms with Crippen LogP contribution >= 0.6 is 21.6 Å². The van der Waals surface area contributed by atoms with E-state index in [-0.39, 0.29) is 71.0 Å². The van der Waals surface area contributed by atoms with Crippen molar-refractivity contribution in [3.05, 3.63) is 48.6 Å². The second-order valence-corrected chi connectivity index (χ2v) is 14.3. The van der Waals surface area contributed by atoms with Crippen LogP contribution in [0.25, 0.3) is 0 Å². The molecule has 2 saturated carbocycles. The van der Waals surface area contributed by atoms with Crippen LogP contribution in [-0.2, 0) is 19.2 Å². The van der Waals surface area contributed by atoms with Gasteiger partial charge in [0, 0.05) is 24.6 Å². The summed E-state index contributed by atoms with van der Waals surface area (Å²) in [7, 11) is 3.23. The molecule has 2 aliphatic heterocycles. The van der Waals surface area contributed by atoms with Crippen LogP contribution in [0, 0.1) is 71.0 Å². The largest absolute Gasteiger partial charge is 0.281 e. The fraction of sp³-hybridized carbons (Fsp3) is 0.571. The lowest BCUT2D eigenvalue weighted by Gasteiger charge is -2.51. The van der Waals surface area contributed by atoms with Gasteiger partial charge >= 0.3 is 0 Å². The highest BCUT2D eigenvalue weighted by molar-refractivity contribution is 8.76. The highest BCUT2D eigenvalue weighted by Gasteiger charge is 2.63. The molecule has 186 valence electrons. The zero-order chi connectivity index (χ0) is 24.3. The van der Waals surface area contributed by atoms with Gasteiger partial charge in [0.2, 0.25) is 23.6 Å². The van der Waals surface area contributed by atoms with Crippen molar-refractivity contribution < 1.29 is 19.2 Å². The fourth-order valence-corrected chi connectivity index (χ4v) is 10.6. The van der Waals surface area contributed by atoms with E-state index in [1.807, 2.05) is 0 Å². The van der Waals surface area contributed by atoms with E-state index >= 15 is 0 Å². The maximum absolute atomic E-state index is 13.2. The lowest BCUT2D eigenvalue weighted by molar-refractivity contribution is -0.141. The molecule has 0 spiro atoms. The van der Waals surface area contributed by atoms with Crippen molar-refractivity contribution in [2.24, 2.45) is 71.0 Å². The molecule has 12 atom stereocenters. The van der Waals surface area contributed by atoms with E-state index < -0.39 is 0 Å². The maximum Gasteiger partial charge on any atom is 0.233 e. The molecular weight excluding hydrogens is 492 g/mol. The minimum atomic E-state index is -0.178. The van der Waals surface area contributed by atoms with E-state index in [0.717, 1.165) is 0 Å². The van der Waals surface area contributed by atoms with E-state index in [1.54, 1.807) is 21.6 Å². The summed E-state index contributed by atoms with van der Waals surface area (Å²) in [6.45, 7) is 0.863. The average molecular weight is 521 g/mol. The van der Waals surface area contributed by atoms with E-state index in [9.17, 15) is 19.2 Å². The van der Waals surface area contributed by atoms with Crippen LogP contribution in [0.3, 0.4) is 0 Å². The number of allylic oxidation sites excluding steroid dienone is 8. The Morgan fingerprint density at radius 2 is 0.694 bits per heavy atom. The van der Waals surface area contributed by atoms with Crippen LogP contribution in [0.1, 0.15) is 0 Å². The van der Waals surface area contributed by atoms with Gasteiger partial charge in [-0.05, 0) is 47.3 Å². The number of hydrogen-bond acceptors (Lipinski definition) is 6. The Kier molecular flexibility index (Phi) is 4.72. The Hall–Kier alpha value is -2.06. The predicted molar refractivity (Wildman–Crippen MR) is 137 cm³/mol. The lowest BCUT2D eigenvalue weighted by Crippen LogP contribution is -2.50. The molecule has 4 bridgehead atoms. The molecule has 2 heterocycles. The van der Waals surface area contributed by atoms with Gasteiger partial charge in [0.1, 0.15) is 0 Å². The molecular formula is C28H28N2O4S2. The fourth-order valence-electron chi connectivity index (χ4n) is 8.72. The van der Waals surface area contributed by atoms with Gasteiger partial charge < -0.3 is 0 Å². The number of likely N-dealkylation sites (tertiary alicyclic amines) is 2. The number of carbonyl (C=O) groups excluding carboxylic acids is 4. The summed E-state index contributed by atoms with van der Waals surface area (Å²) >= 11 is 0. The molecule has 4 amide bonds. The molecule has 8 heteroatoms. The smallest absolute Gasteiger partial charge is 0.233 e. The van der Waals surface area contributed by atoms with Gasteiger partial charge in [-0.15, -0.1) is 0 Å². The zero-order valence-electron chi connectivity index (χ0n) is 19.7. The number of nitrogens with zero attached hydrogens (tertiary/aromatic N) is 2. The Labute approximate surface area is 218 Å². The van der Waals surface area contributed by atoms with E-state index in [1.165, 1.54) is 9.80 Å². The van der Waals surface area contributed by atoms with Crippen LogP contribution in [-0.4, -0.2) is 58.0 Å². The number of carbonyl (C=O) groups is 4. The molecule has 10 aliphatic rings. The van der Waals surface area contributed by atoms with Gasteiger partial charge in [-0.2, -0.15) is 0 Å². The van der Waals surface area contributed by atoms with Crippen molar-refractivity contribution in [2.45, 2.75) is 0 Å². The summed E-state index contributed by atoms with van der Waals surface area (Å²) in [6.07, 6.45) is 17.5. The molecule has 6 nitrogen and oxygen atoms in total. The van der Waals surface area contributed by atoms with Crippen molar-refractivity contribution in [1.82, 2.24) is 9.80 Å². The number of imide groups is 2. The molecule has 0 N–H and O–H groups in total. The van der Waals surface area contributed by atoms with Crippen LogP contribution in [0.4, 0.5) is 0 Å². The third-order valence-corrected chi connectivity index (χ3v) is 12.8. The monoisotopic (exact) mass is 520 g/mol. The normalized spacial score (nSPS) is 47.8. The first kappa shape index (κ1) is 22.0. The minimum Gasteiger partial charge on any atom is -0.281 e. The minimum absolute atomic E-state index is 0.0104. The maximum atomic E-state index is 13.2. The van der Waals surface area contributed by atoms with Gasteiger partial charge in [-0.3, -0.25) is 29.0 Å². The highest BCUT2D eigenvalue weighted by atomic mass is 33.1. The number of rotatable bonds is 7. The Morgan fingerprint density at radius 1 is 0.444 bits per heavy atom. The van der Waals surface area contributed by atoms with E-state index in [0.29, 0.717) is 48.3 Å². The van der Waals surface area contributed by atoms with Crippen molar-refractivity contribution >= 4 is 45.2 Å². The molecule has 0 aromatic carbocycles. The summed E-state index contributed by atoms with van der Waals surface area (Å²) in [5.74, 6) is 3.07. The summed E-state index contributed by atoms with van der Waals surface area (Å²) in [6, 6.07) is 0. The second kappa shape index (κ2) is 7.73. The third kappa shape index (κ3) is 2.67. The molecule has 8 aliphatic carbocycles. The standard InChI is InChI=1S/C28H28N2O4S2/c31-25-21-17-5-6-18(14-2-1-13(14)17)22(21)26(32)29(25)9-11-35-36-12-10-30-27(33)23-19-7-8-20(24(23)28(30)34)16-4-3-15(16)19/h1-8,13-24H,9-12H2/t13-,14+,15-,16+,17?,18?,19?,20?,21-,22+,23-,24+. The number of hydrogen-bond donors (Lipinski definition) is 0. The summed E-state index contributed by atoms with van der Waals surface area (Å²) in [5, 5.41) is 0. The first-order valence-corrected chi connectivity index (χ1v) is 15.7. The van der Waals surface area contributed by atoms with Crippen LogP contribution in [0.5, 0.6) is 0 Å². The average Bonchev–Trinajstić information content (AvgIpc) is 3.23. The summed E-state index contributed by atoms with van der Waals surface area (Å²) < 4.78 is 0. The molecule has 0 aromatic heterocycles. The zero-order valence-corrected chi connectivity index (χ0v) is 21.4. The van der Waals surface area contributed by atoms with Crippen molar-refractivity contribution in [3.63, 3.8) is 0 Å². The second-order valence-electron chi connectivity index (χ2n) is 11.6. The molecule has 4 unspecified atom stereocenters. The topological polar surface area (TPSA) is 74.8 Å². The van der Waals surface area contributed by atoms with Gasteiger partial charge in [0.05, 0.1) is 23.7 Å². The predicted octanol–water partition coefficient (Wildman–Crippen LogP) is 2.81. The van der Waals surface area contributed by atoms with Gasteiger partial charge in [-0.25, -0.2) is 0 Å². The molecule has 36 heavy (non-hydrogen) atoms. The Bertz CT molecular complexity index is 1040. The molecule has 0 radical (unpaired) electrons. The molecule has 0 aromatic rings. The van der Waals surface area contributed by atoms with Crippen LogP contribution < -0.4 is 0 Å². The first-order valence-electron chi connectivity index (χ1n) is 13.2. The number of amides is 4. The van der Waals surface area contributed by atoms with Crippen molar-refractivity contribution in [3.8, 4) is 0 Å². The van der Waals surface area contributed by atoms with Gasteiger partial charge in [0.25, 0.3) is 0 Å². The van der Waals surface area contributed by atoms with Gasteiger partial charge in [-0.1, -0.05) is 70.2 Å². The third-order valence-electron chi connectivity index (χ3n) is 10.4. The molecule has 4 fully saturated rings. The SMILES string of the molecule is O=C1[C@@H]2C3C=CC([C@H]4C=C[C@@H]34)[C@@H]2C(=O)N1CCSSCCN1C(=O)[C@@H]2C3C=CC([C@H]4C=C[C@@H]34)[C@@H]2C1=O. The lowest BCUT2D eigenvalue weighted by atomic mass is 9.50. The summed E-state index contributed by atoms with van der Waals surface area (Å²) in [4.78, 5) is 55.6. The van der Waals surface area contributed by atoms with Crippen LogP contribution in [0.2, 0.25) is 0 Å². The van der Waals surface area contributed by atoms with Crippen molar-refractivity contribution in [2.75, 3.05) is 24.6 Å². The quantitative estimate of drug-likeness (QED) is 0.223. The Balaban J connectivity index is 0.839. The van der Waals surface area contributed by atoms with Crippen LogP contribution in [0.15, 0.2) is 48.6 Å². The van der Waals surface area contributed by atoms with Gasteiger partial charge in [0.15, 0.2) is 0 Å². The van der Waals surface area contributed by atoms with E-state index in [4.69, 9.17) is 0 Å².